The third-order valence-electron chi connectivity index (χ3n) is 7.80. The van der Waals surface area contributed by atoms with Gasteiger partial charge >= 0.3 is 29.8 Å². The molecule has 2 saturated heterocycles. The van der Waals surface area contributed by atoms with Crippen molar-refractivity contribution < 1.29 is 71.3 Å². The zero-order chi connectivity index (χ0) is 36.9. The molecule has 0 N–H and O–H groups in total. The fourth-order valence-corrected chi connectivity index (χ4v) is 5.72. The highest BCUT2D eigenvalue weighted by molar-refractivity contribution is 5.69. The molecule has 0 spiro atoms. The summed E-state index contributed by atoms with van der Waals surface area (Å²) in [5.74, 6) is -3.47. The van der Waals surface area contributed by atoms with Crippen molar-refractivity contribution in [2.45, 2.75) is 103 Å². The van der Waals surface area contributed by atoms with Crippen LogP contribution in [0.15, 0.2) is 60.7 Å². The molecule has 2 aromatic rings. The van der Waals surface area contributed by atoms with E-state index < -0.39 is 91.6 Å². The van der Waals surface area contributed by atoms with Crippen molar-refractivity contribution in [3.63, 3.8) is 0 Å². The summed E-state index contributed by atoms with van der Waals surface area (Å²) in [6.45, 7) is 5.41. The second-order valence-corrected chi connectivity index (χ2v) is 11.9. The summed E-state index contributed by atoms with van der Waals surface area (Å²) in [5.41, 5.74) is 1.77. The van der Waals surface area contributed by atoms with Crippen molar-refractivity contribution in [3.8, 4) is 0 Å². The molecule has 0 unspecified atom stereocenters. The van der Waals surface area contributed by atoms with Crippen LogP contribution in [-0.4, -0.2) is 105 Å². The molecule has 0 amide bonds. The van der Waals surface area contributed by atoms with Crippen molar-refractivity contribution in [1.29, 1.82) is 0 Å². The molecule has 2 aliphatic heterocycles. The van der Waals surface area contributed by atoms with Crippen LogP contribution in [0.2, 0.25) is 0 Å². The van der Waals surface area contributed by atoms with Gasteiger partial charge in [-0.3, -0.25) is 24.0 Å². The highest BCUT2D eigenvalue weighted by Crippen LogP contribution is 2.33. The van der Waals surface area contributed by atoms with Gasteiger partial charge < -0.3 is 47.4 Å². The third-order valence-corrected chi connectivity index (χ3v) is 7.80. The Hall–Kier alpha value is -4.41. The Morgan fingerprint density at radius 2 is 0.882 bits per heavy atom. The maximum Gasteiger partial charge on any atom is 0.303 e. The van der Waals surface area contributed by atoms with Gasteiger partial charge in [0, 0.05) is 34.6 Å². The zero-order valence-corrected chi connectivity index (χ0v) is 29.1. The Balaban J connectivity index is 1.63. The van der Waals surface area contributed by atoms with Gasteiger partial charge in [-0.25, -0.2) is 0 Å². The van der Waals surface area contributed by atoms with Gasteiger partial charge in [0.25, 0.3) is 0 Å². The molecule has 0 bridgehead atoms. The van der Waals surface area contributed by atoms with Crippen LogP contribution in [0.5, 0.6) is 0 Å². The lowest BCUT2D eigenvalue weighted by molar-refractivity contribution is -0.312. The molecule has 0 saturated carbocycles. The summed E-state index contributed by atoms with van der Waals surface area (Å²) in [6.07, 6.45) is -9.99. The molecule has 15 nitrogen and oxygen atoms in total. The summed E-state index contributed by atoms with van der Waals surface area (Å²) >= 11 is 0. The Labute approximate surface area is 295 Å². The smallest absolute Gasteiger partial charge is 0.303 e. The van der Waals surface area contributed by atoms with E-state index in [4.69, 9.17) is 47.4 Å². The van der Waals surface area contributed by atoms with Crippen LogP contribution in [0.25, 0.3) is 0 Å². The van der Waals surface area contributed by atoms with Crippen LogP contribution < -0.4 is 0 Å². The van der Waals surface area contributed by atoms with Crippen LogP contribution in [0, 0.1) is 0 Å². The molecule has 9 atom stereocenters. The minimum Gasteiger partial charge on any atom is -0.463 e. The molecule has 0 aromatic heterocycles. The first-order chi connectivity index (χ1) is 24.4. The molecule has 2 aromatic carbocycles. The molecule has 2 heterocycles. The first-order valence-electron chi connectivity index (χ1n) is 16.4. The van der Waals surface area contributed by atoms with Crippen LogP contribution in [0.3, 0.4) is 0 Å². The van der Waals surface area contributed by atoms with Gasteiger partial charge in [-0.15, -0.1) is 0 Å². The topological polar surface area (TPSA) is 178 Å². The summed E-state index contributed by atoms with van der Waals surface area (Å²) in [5, 5.41) is 0. The molecular formula is C36H44O15. The minimum absolute atomic E-state index is 0.143. The second kappa shape index (κ2) is 19.3. The lowest BCUT2D eigenvalue weighted by Gasteiger charge is -2.44. The first kappa shape index (κ1) is 39.4. The van der Waals surface area contributed by atoms with Crippen LogP contribution in [-0.2, 0) is 84.6 Å². The number of carbonyl (C=O) groups excluding carboxylic acids is 5. The number of benzene rings is 2. The Bertz CT molecular complexity index is 1450. The van der Waals surface area contributed by atoms with E-state index in [-0.39, 0.29) is 26.4 Å². The molecular weight excluding hydrogens is 672 g/mol. The van der Waals surface area contributed by atoms with Crippen molar-refractivity contribution in [3.05, 3.63) is 71.8 Å². The van der Waals surface area contributed by atoms with Gasteiger partial charge in [0.15, 0.2) is 24.6 Å². The maximum atomic E-state index is 12.3. The van der Waals surface area contributed by atoms with Gasteiger partial charge in [-0.2, -0.15) is 0 Å². The molecule has 0 aliphatic carbocycles. The highest BCUT2D eigenvalue weighted by atomic mass is 16.7. The monoisotopic (exact) mass is 716 g/mol. The lowest BCUT2D eigenvalue weighted by atomic mass is 9.98. The molecule has 4 rings (SSSR count). The molecule has 51 heavy (non-hydrogen) atoms. The molecule has 2 fully saturated rings. The normalized spacial score (nSPS) is 27.2. The van der Waals surface area contributed by atoms with Crippen molar-refractivity contribution in [2.24, 2.45) is 0 Å². The van der Waals surface area contributed by atoms with Gasteiger partial charge in [0.1, 0.15) is 43.7 Å². The average Bonchev–Trinajstić information content (AvgIpc) is 3.41. The van der Waals surface area contributed by atoms with E-state index in [0.717, 1.165) is 31.9 Å². The fourth-order valence-electron chi connectivity index (χ4n) is 5.72. The summed E-state index contributed by atoms with van der Waals surface area (Å²) in [7, 11) is 0. The quantitative estimate of drug-likeness (QED) is 0.183. The number of hydrogen-bond acceptors (Lipinski definition) is 15. The maximum absolute atomic E-state index is 12.3. The van der Waals surface area contributed by atoms with Gasteiger partial charge in [-0.05, 0) is 11.1 Å². The van der Waals surface area contributed by atoms with E-state index in [2.05, 4.69) is 0 Å². The number of carbonyl (C=O) groups is 5. The van der Waals surface area contributed by atoms with E-state index in [1.807, 2.05) is 60.7 Å². The Kier molecular flexibility index (Phi) is 14.9. The van der Waals surface area contributed by atoms with E-state index in [0.29, 0.717) is 0 Å². The predicted octanol–water partition coefficient (Wildman–Crippen LogP) is 2.59. The van der Waals surface area contributed by atoms with E-state index in [1.165, 1.54) is 13.8 Å². The van der Waals surface area contributed by atoms with E-state index >= 15 is 0 Å². The van der Waals surface area contributed by atoms with E-state index in [1.54, 1.807) is 0 Å². The summed E-state index contributed by atoms with van der Waals surface area (Å²) < 4.78 is 58.4. The summed E-state index contributed by atoms with van der Waals surface area (Å²) in [6, 6.07) is 18.9. The Morgan fingerprint density at radius 1 is 0.471 bits per heavy atom. The first-order valence-corrected chi connectivity index (χ1v) is 16.4. The van der Waals surface area contributed by atoms with Gasteiger partial charge in [0.05, 0.1) is 19.8 Å². The average molecular weight is 717 g/mol. The van der Waals surface area contributed by atoms with E-state index in [9.17, 15) is 24.0 Å². The summed E-state index contributed by atoms with van der Waals surface area (Å²) in [4.78, 5) is 60.2. The van der Waals surface area contributed by atoms with Crippen LogP contribution in [0.1, 0.15) is 45.7 Å². The number of esters is 5. The molecule has 278 valence electrons. The number of rotatable bonds is 16. The molecule has 2 aliphatic rings. The van der Waals surface area contributed by atoms with Crippen LogP contribution >= 0.6 is 0 Å². The van der Waals surface area contributed by atoms with Crippen molar-refractivity contribution in [1.82, 2.24) is 0 Å². The lowest BCUT2D eigenvalue weighted by Crippen LogP contribution is -2.63. The highest BCUT2D eigenvalue weighted by Gasteiger charge is 2.54. The zero-order valence-electron chi connectivity index (χ0n) is 29.1. The molecule has 15 heteroatoms. The predicted molar refractivity (Wildman–Crippen MR) is 173 cm³/mol. The van der Waals surface area contributed by atoms with Crippen molar-refractivity contribution in [2.75, 3.05) is 19.8 Å². The standard InChI is InChI=1S/C36H44O15/c1-21(37)42-18-28-31(44-16-26-12-8-6-9-13-26)32(45-17-27-14-10-7-11-15-27)29(50-28)20-46-36-35(49-25(5)41)34(48-24(4)40)33(47-23(3)39)30(51-36)19-43-22(2)38/h6-15,28-36H,16-20H2,1-5H3/t28-,29-,30-,31-,32-,33-,34+,35-,36-/m1/s1. The van der Waals surface area contributed by atoms with Gasteiger partial charge in [0.2, 0.25) is 0 Å². The number of ether oxygens (including phenoxy) is 10. The fraction of sp³-hybridized carbons (Fsp3) is 0.528. The van der Waals surface area contributed by atoms with Gasteiger partial charge in [-0.1, -0.05) is 60.7 Å². The second-order valence-electron chi connectivity index (χ2n) is 11.9. The molecule has 0 radical (unpaired) electrons. The van der Waals surface area contributed by atoms with Crippen LogP contribution in [0.4, 0.5) is 0 Å². The Morgan fingerprint density at radius 3 is 1.33 bits per heavy atom. The minimum atomic E-state index is -1.44. The number of hydrogen-bond donors (Lipinski definition) is 0. The SMILES string of the molecule is CC(=O)OC[C@H]1O[C@@H](OC[C@H]2O[C@H](COC(C)=O)[C@@H](OCc3ccccc3)[C@@H]2OCc2ccccc2)[C@H](OC(C)=O)[C@@H](OC(C)=O)[C@@H]1OC(C)=O. The largest absolute Gasteiger partial charge is 0.463 e. The van der Waals surface area contributed by atoms with Crippen molar-refractivity contribution >= 4 is 29.8 Å². The third kappa shape index (κ3) is 12.1.